The lowest BCUT2D eigenvalue weighted by Gasteiger charge is -2.10. The molecule has 6 heteroatoms. The first kappa shape index (κ1) is 15.8. The molecule has 1 rings (SSSR count). The molecule has 2 amide bonds. The Labute approximate surface area is 118 Å². The van der Waals surface area contributed by atoms with Gasteiger partial charge in [0.1, 0.15) is 5.75 Å². The molecule has 0 atom stereocenters. The molecule has 1 aromatic rings. The van der Waals surface area contributed by atoms with Crippen molar-refractivity contribution in [1.82, 2.24) is 10.6 Å². The van der Waals surface area contributed by atoms with Crippen LogP contribution in [0.5, 0.6) is 5.75 Å². The predicted octanol–water partition coefficient (Wildman–Crippen LogP) is 0.923. The van der Waals surface area contributed by atoms with E-state index in [1.165, 1.54) is 7.11 Å². The number of amides is 2. The van der Waals surface area contributed by atoms with Gasteiger partial charge in [-0.15, -0.1) is 0 Å². The van der Waals surface area contributed by atoms with Crippen LogP contribution in [0.15, 0.2) is 18.2 Å². The summed E-state index contributed by atoms with van der Waals surface area (Å²) in [6, 6.07) is 4.81. The third kappa shape index (κ3) is 4.79. The maximum atomic E-state index is 12.0. The van der Waals surface area contributed by atoms with Crippen molar-refractivity contribution in [3.05, 3.63) is 23.8 Å². The molecule has 0 unspecified atom stereocenters. The lowest BCUT2D eigenvalue weighted by molar-refractivity contribution is -0.120. The molecule has 0 fully saturated rings. The first-order valence-corrected chi connectivity index (χ1v) is 6.57. The van der Waals surface area contributed by atoms with E-state index in [0.717, 1.165) is 6.42 Å². The smallest absolute Gasteiger partial charge is 0.255 e. The van der Waals surface area contributed by atoms with Crippen molar-refractivity contribution in [3.8, 4) is 5.75 Å². The molecule has 1 aromatic carbocycles. The fourth-order valence-electron chi connectivity index (χ4n) is 1.63. The van der Waals surface area contributed by atoms with E-state index >= 15 is 0 Å². The van der Waals surface area contributed by atoms with Gasteiger partial charge in [0.05, 0.1) is 12.7 Å². The number of hydrogen-bond donors (Lipinski definition) is 3. The maximum Gasteiger partial charge on any atom is 0.255 e. The van der Waals surface area contributed by atoms with Gasteiger partial charge in [-0.3, -0.25) is 9.59 Å². The van der Waals surface area contributed by atoms with Gasteiger partial charge in [-0.05, 0) is 18.6 Å². The van der Waals surface area contributed by atoms with E-state index in [1.54, 1.807) is 18.2 Å². The van der Waals surface area contributed by atoms with Crippen LogP contribution in [0.3, 0.4) is 0 Å². The number of rotatable bonds is 7. The predicted molar refractivity (Wildman–Crippen MR) is 77.7 cm³/mol. The largest absolute Gasteiger partial charge is 0.496 e. The van der Waals surface area contributed by atoms with Gasteiger partial charge in [0.2, 0.25) is 5.91 Å². The minimum atomic E-state index is -0.287. The van der Waals surface area contributed by atoms with Gasteiger partial charge >= 0.3 is 0 Å². The molecule has 0 bridgehead atoms. The van der Waals surface area contributed by atoms with Crippen LogP contribution in [0.4, 0.5) is 5.69 Å². The van der Waals surface area contributed by atoms with Crippen LogP contribution in [0.25, 0.3) is 0 Å². The summed E-state index contributed by atoms with van der Waals surface area (Å²) in [6.07, 6.45) is 1.14. The highest BCUT2D eigenvalue weighted by molar-refractivity contribution is 5.97. The summed E-state index contributed by atoms with van der Waals surface area (Å²) in [5.74, 6) is 0.0551. The number of carbonyl (C=O) groups excluding carboxylic acids is 2. The zero-order chi connectivity index (χ0) is 15.0. The van der Waals surface area contributed by atoms with Crippen molar-refractivity contribution in [2.75, 3.05) is 25.9 Å². The molecule has 4 N–H and O–H groups in total. The number of ether oxygens (including phenoxy) is 1. The van der Waals surface area contributed by atoms with Crippen molar-refractivity contribution in [2.45, 2.75) is 19.8 Å². The molecule has 0 spiro atoms. The second-order valence-corrected chi connectivity index (χ2v) is 4.32. The Balaban J connectivity index is 2.49. The number of anilines is 1. The van der Waals surface area contributed by atoms with Crippen LogP contribution >= 0.6 is 0 Å². The first-order valence-electron chi connectivity index (χ1n) is 6.57. The zero-order valence-corrected chi connectivity index (χ0v) is 11.9. The molecular weight excluding hydrogens is 258 g/mol. The van der Waals surface area contributed by atoms with Crippen LogP contribution in [-0.2, 0) is 4.79 Å². The highest BCUT2D eigenvalue weighted by Crippen LogP contribution is 2.21. The maximum absolute atomic E-state index is 12.0. The average Bonchev–Trinajstić information content (AvgIpc) is 2.44. The van der Waals surface area contributed by atoms with E-state index in [1.807, 2.05) is 6.92 Å². The quantitative estimate of drug-likeness (QED) is 0.647. The van der Waals surface area contributed by atoms with E-state index in [9.17, 15) is 9.59 Å². The Bertz CT molecular complexity index is 475. The molecule has 6 nitrogen and oxygen atoms in total. The Morgan fingerprint density at radius 2 is 2.00 bits per heavy atom. The van der Waals surface area contributed by atoms with Crippen LogP contribution in [0, 0.1) is 0 Å². The number of hydrogen-bond acceptors (Lipinski definition) is 4. The second kappa shape index (κ2) is 8.04. The van der Waals surface area contributed by atoms with Gasteiger partial charge in [0, 0.05) is 31.3 Å². The van der Waals surface area contributed by atoms with Crippen LogP contribution in [0.1, 0.15) is 30.1 Å². The standard InChI is InChI=1S/C14H21N3O3/c1-3-7-16-13(18)6-8-17-14(19)11-5-4-10(15)9-12(11)20-2/h4-5,9H,3,6-8,15H2,1-2H3,(H,16,18)(H,17,19). The molecule has 0 saturated heterocycles. The van der Waals surface area contributed by atoms with Crippen molar-refractivity contribution in [2.24, 2.45) is 0 Å². The lowest BCUT2D eigenvalue weighted by atomic mass is 10.1. The van der Waals surface area contributed by atoms with Crippen LogP contribution < -0.4 is 21.1 Å². The Morgan fingerprint density at radius 3 is 2.65 bits per heavy atom. The van der Waals surface area contributed by atoms with E-state index in [4.69, 9.17) is 10.5 Å². The van der Waals surface area contributed by atoms with Crippen molar-refractivity contribution in [1.29, 1.82) is 0 Å². The summed E-state index contributed by atoms with van der Waals surface area (Å²) in [4.78, 5) is 23.4. The number of benzene rings is 1. The molecule has 0 heterocycles. The monoisotopic (exact) mass is 279 g/mol. The van der Waals surface area contributed by atoms with Gasteiger partial charge in [0.15, 0.2) is 0 Å². The zero-order valence-electron chi connectivity index (χ0n) is 11.9. The van der Waals surface area contributed by atoms with E-state index in [0.29, 0.717) is 23.5 Å². The van der Waals surface area contributed by atoms with Crippen LogP contribution in [0.2, 0.25) is 0 Å². The number of nitrogens with one attached hydrogen (secondary N) is 2. The van der Waals surface area contributed by atoms with Crippen molar-refractivity contribution < 1.29 is 14.3 Å². The fraction of sp³-hybridized carbons (Fsp3) is 0.429. The van der Waals surface area contributed by atoms with Gasteiger partial charge in [-0.1, -0.05) is 6.92 Å². The molecule has 0 aliphatic heterocycles. The van der Waals surface area contributed by atoms with Crippen molar-refractivity contribution >= 4 is 17.5 Å². The number of methoxy groups -OCH3 is 1. The van der Waals surface area contributed by atoms with Crippen LogP contribution in [-0.4, -0.2) is 32.0 Å². The topological polar surface area (TPSA) is 93.5 Å². The summed E-state index contributed by atoms with van der Waals surface area (Å²) >= 11 is 0. The highest BCUT2D eigenvalue weighted by Gasteiger charge is 2.12. The number of carbonyl (C=O) groups is 2. The summed E-state index contributed by atoms with van der Waals surface area (Å²) in [5.41, 5.74) is 6.55. The normalized spacial score (nSPS) is 9.90. The van der Waals surface area contributed by atoms with Gasteiger partial charge < -0.3 is 21.1 Å². The third-order valence-corrected chi connectivity index (χ3v) is 2.68. The Morgan fingerprint density at radius 1 is 1.25 bits per heavy atom. The van der Waals surface area contributed by atoms with E-state index in [2.05, 4.69) is 10.6 Å². The molecule has 0 aliphatic rings. The van der Waals surface area contributed by atoms with Gasteiger partial charge in [0.25, 0.3) is 5.91 Å². The Hall–Kier alpha value is -2.24. The summed E-state index contributed by atoms with van der Waals surface area (Å²) in [5, 5.41) is 5.42. The molecule has 0 aliphatic carbocycles. The SMILES string of the molecule is CCCNC(=O)CCNC(=O)c1ccc(N)cc1OC. The minimum absolute atomic E-state index is 0.0728. The Kier molecular flexibility index (Phi) is 6.36. The third-order valence-electron chi connectivity index (χ3n) is 2.68. The summed E-state index contributed by atoms with van der Waals surface area (Å²) in [6.45, 7) is 2.91. The van der Waals surface area contributed by atoms with E-state index in [-0.39, 0.29) is 24.8 Å². The molecule has 0 aromatic heterocycles. The number of nitrogen functional groups attached to an aromatic ring is 1. The fourth-order valence-corrected chi connectivity index (χ4v) is 1.63. The molecule has 20 heavy (non-hydrogen) atoms. The average molecular weight is 279 g/mol. The molecule has 110 valence electrons. The molecular formula is C14H21N3O3. The minimum Gasteiger partial charge on any atom is -0.496 e. The summed E-state index contributed by atoms with van der Waals surface area (Å²) in [7, 11) is 1.48. The second-order valence-electron chi connectivity index (χ2n) is 4.32. The molecule has 0 saturated carbocycles. The van der Waals surface area contributed by atoms with Gasteiger partial charge in [-0.25, -0.2) is 0 Å². The first-order chi connectivity index (χ1) is 9.58. The highest BCUT2D eigenvalue weighted by atomic mass is 16.5. The molecule has 0 radical (unpaired) electrons. The summed E-state index contributed by atoms with van der Waals surface area (Å²) < 4.78 is 5.11. The van der Waals surface area contributed by atoms with Crippen molar-refractivity contribution in [3.63, 3.8) is 0 Å². The lowest BCUT2D eigenvalue weighted by Crippen LogP contribution is -2.31. The van der Waals surface area contributed by atoms with Gasteiger partial charge in [-0.2, -0.15) is 0 Å². The van der Waals surface area contributed by atoms with E-state index < -0.39 is 0 Å². The number of nitrogens with two attached hydrogens (primary N) is 1.